The first kappa shape index (κ1) is 17.4. The minimum atomic E-state index is 0.697. The molecule has 0 aliphatic heterocycles. The van der Waals surface area contributed by atoms with E-state index >= 15 is 0 Å². The molecule has 0 aliphatic rings. The zero-order valence-corrected chi connectivity index (χ0v) is 16.5. The Morgan fingerprint density at radius 1 is 0.571 bits per heavy atom. The average molecular weight is 405 g/mol. The van der Waals surface area contributed by atoms with Gasteiger partial charge in [0.2, 0.25) is 0 Å². The van der Waals surface area contributed by atoms with Crippen molar-refractivity contribution in [1.82, 2.24) is 9.97 Å². The zero-order chi connectivity index (χ0) is 18.8. The summed E-state index contributed by atoms with van der Waals surface area (Å²) in [4.78, 5) is 9.08. The van der Waals surface area contributed by atoms with Crippen molar-refractivity contribution in [3.63, 3.8) is 0 Å². The second-order valence-electron chi connectivity index (χ2n) is 6.24. The highest BCUT2D eigenvalue weighted by atomic mass is 32.2. The minimum absolute atomic E-state index is 0.697. The van der Waals surface area contributed by atoms with Gasteiger partial charge < -0.3 is 8.83 Å². The maximum atomic E-state index is 5.81. The van der Waals surface area contributed by atoms with E-state index in [0.29, 0.717) is 10.4 Å². The normalized spacial score (nSPS) is 11.4. The summed E-state index contributed by atoms with van der Waals surface area (Å²) in [5, 5.41) is 1.39. The summed E-state index contributed by atoms with van der Waals surface area (Å²) >= 11 is 3.23. The largest absolute Gasteiger partial charge is 0.431 e. The summed E-state index contributed by atoms with van der Waals surface area (Å²) in [6, 6.07) is 24.1. The molecule has 0 saturated carbocycles. The van der Waals surface area contributed by atoms with Gasteiger partial charge in [-0.3, -0.25) is 0 Å². The van der Waals surface area contributed by atoms with Crippen LogP contribution in [0.2, 0.25) is 0 Å². The molecule has 0 fully saturated rings. The molecule has 0 unspecified atom stereocenters. The average Bonchev–Trinajstić information content (AvgIpc) is 3.34. The smallest absolute Gasteiger partial charge is 0.257 e. The van der Waals surface area contributed by atoms with Gasteiger partial charge in [0, 0.05) is 11.5 Å². The standard InChI is InChI=1S/C22H16N2O2S2/c1-2-8-16(14-28-22-24-18-10-4-6-12-20(18)26-22)15(7-1)13-27-21-23-17-9-3-5-11-19(17)25-21/h1-12H,13-14H2. The molecule has 0 bridgehead atoms. The van der Waals surface area contributed by atoms with Gasteiger partial charge in [-0.15, -0.1) is 0 Å². The van der Waals surface area contributed by atoms with Gasteiger partial charge in [-0.05, 0) is 35.4 Å². The van der Waals surface area contributed by atoms with Crippen LogP contribution in [0.1, 0.15) is 11.1 Å². The van der Waals surface area contributed by atoms with E-state index in [1.54, 1.807) is 23.5 Å². The Labute approximate surface area is 170 Å². The fourth-order valence-electron chi connectivity index (χ4n) is 2.94. The summed E-state index contributed by atoms with van der Waals surface area (Å²) in [7, 11) is 0. The molecule has 3 aromatic carbocycles. The van der Waals surface area contributed by atoms with Crippen molar-refractivity contribution in [3.05, 3.63) is 83.9 Å². The molecule has 0 saturated heterocycles. The van der Waals surface area contributed by atoms with Crippen LogP contribution in [0, 0.1) is 0 Å². The molecule has 138 valence electrons. The molecule has 5 aromatic rings. The van der Waals surface area contributed by atoms with E-state index in [0.717, 1.165) is 33.7 Å². The molecule has 0 radical (unpaired) electrons. The molecule has 6 heteroatoms. The quantitative estimate of drug-likeness (QED) is 0.299. The molecule has 5 rings (SSSR count). The number of thioether (sulfide) groups is 2. The lowest BCUT2D eigenvalue weighted by atomic mass is 10.1. The van der Waals surface area contributed by atoms with Crippen molar-refractivity contribution in [2.75, 3.05) is 0 Å². The number of nitrogens with zero attached hydrogens (tertiary/aromatic N) is 2. The Morgan fingerprint density at radius 2 is 1.00 bits per heavy atom. The third-order valence-corrected chi connectivity index (χ3v) is 6.12. The van der Waals surface area contributed by atoms with E-state index in [-0.39, 0.29) is 0 Å². The van der Waals surface area contributed by atoms with Crippen molar-refractivity contribution in [2.45, 2.75) is 22.0 Å². The zero-order valence-electron chi connectivity index (χ0n) is 14.9. The Hall–Kier alpha value is -2.70. The highest BCUT2D eigenvalue weighted by molar-refractivity contribution is 7.98. The summed E-state index contributed by atoms with van der Waals surface area (Å²) in [5.74, 6) is 1.61. The fourth-order valence-corrected chi connectivity index (χ4v) is 4.69. The van der Waals surface area contributed by atoms with Crippen LogP contribution in [0.15, 0.2) is 92.1 Å². The van der Waals surface area contributed by atoms with Gasteiger partial charge in [-0.2, -0.15) is 0 Å². The molecular formula is C22H16N2O2S2. The predicted molar refractivity (Wildman–Crippen MR) is 114 cm³/mol. The maximum absolute atomic E-state index is 5.81. The Bertz CT molecular complexity index is 1080. The van der Waals surface area contributed by atoms with Gasteiger partial charge >= 0.3 is 0 Å². The van der Waals surface area contributed by atoms with Gasteiger partial charge in [-0.1, -0.05) is 72.1 Å². The van der Waals surface area contributed by atoms with E-state index in [1.165, 1.54) is 11.1 Å². The predicted octanol–water partition coefficient (Wildman–Crippen LogP) is 6.55. The number of hydrogen-bond donors (Lipinski definition) is 0. The van der Waals surface area contributed by atoms with Crippen molar-refractivity contribution in [3.8, 4) is 0 Å². The van der Waals surface area contributed by atoms with Crippen LogP contribution < -0.4 is 0 Å². The number of fused-ring (bicyclic) bond motifs is 2. The van der Waals surface area contributed by atoms with Crippen LogP contribution in [-0.2, 0) is 11.5 Å². The number of hydrogen-bond acceptors (Lipinski definition) is 6. The molecule has 28 heavy (non-hydrogen) atoms. The first-order valence-corrected chi connectivity index (χ1v) is 10.9. The van der Waals surface area contributed by atoms with Gasteiger partial charge in [0.1, 0.15) is 11.0 Å². The SMILES string of the molecule is c1ccc(CSc2nc3ccccc3o2)c(CSc2nc3ccccc3o2)c1. The summed E-state index contributed by atoms with van der Waals surface area (Å²) in [6.07, 6.45) is 0. The molecule has 2 aromatic heterocycles. The number of para-hydroxylation sites is 4. The molecule has 0 atom stereocenters. The molecule has 0 N–H and O–H groups in total. The third kappa shape index (κ3) is 3.66. The van der Waals surface area contributed by atoms with Gasteiger partial charge in [-0.25, -0.2) is 9.97 Å². The second kappa shape index (κ2) is 7.73. The third-order valence-electron chi connectivity index (χ3n) is 4.37. The topological polar surface area (TPSA) is 52.1 Å². The highest BCUT2D eigenvalue weighted by Gasteiger charge is 2.10. The van der Waals surface area contributed by atoms with Crippen molar-refractivity contribution >= 4 is 45.7 Å². The van der Waals surface area contributed by atoms with Crippen LogP contribution in [0.5, 0.6) is 0 Å². The van der Waals surface area contributed by atoms with E-state index in [1.807, 2.05) is 48.5 Å². The lowest BCUT2D eigenvalue weighted by Gasteiger charge is -2.06. The molecule has 4 nitrogen and oxygen atoms in total. The van der Waals surface area contributed by atoms with Crippen LogP contribution in [0.4, 0.5) is 0 Å². The molecule has 0 spiro atoms. The molecule has 0 aliphatic carbocycles. The first-order chi connectivity index (χ1) is 13.8. The van der Waals surface area contributed by atoms with E-state index in [4.69, 9.17) is 8.83 Å². The molecule has 0 amide bonds. The molecular weight excluding hydrogens is 388 g/mol. The number of benzene rings is 3. The minimum Gasteiger partial charge on any atom is -0.431 e. The maximum Gasteiger partial charge on any atom is 0.257 e. The highest BCUT2D eigenvalue weighted by Crippen LogP contribution is 2.31. The van der Waals surface area contributed by atoms with Crippen LogP contribution in [0.3, 0.4) is 0 Å². The monoisotopic (exact) mass is 404 g/mol. The summed E-state index contributed by atoms with van der Waals surface area (Å²) < 4.78 is 11.6. The Balaban J connectivity index is 1.29. The summed E-state index contributed by atoms with van der Waals surface area (Å²) in [5.41, 5.74) is 5.96. The van der Waals surface area contributed by atoms with Crippen LogP contribution in [-0.4, -0.2) is 9.97 Å². The first-order valence-electron chi connectivity index (χ1n) is 8.89. The van der Waals surface area contributed by atoms with Crippen molar-refractivity contribution in [1.29, 1.82) is 0 Å². The van der Waals surface area contributed by atoms with Gasteiger partial charge in [0.05, 0.1) is 0 Å². The van der Waals surface area contributed by atoms with Gasteiger partial charge in [0.15, 0.2) is 11.2 Å². The van der Waals surface area contributed by atoms with Crippen molar-refractivity contribution < 1.29 is 8.83 Å². The molecule has 2 heterocycles. The number of rotatable bonds is 6. The fraction of sp³-hybridized carbons (Fsp3) is 0.0909. The van der Waals surface area contributed by atoms with Crippen LogP contribution in [0.25, 0.3) is 22.2 Å². The Kier molecular flexibility index (Phi) is 4.81. The van der Waals surface area contributed by atoms with Gasteiger partial charge in [0.25, 0.3) is 10.4 Å². The summed E-state index contributed by atoms with van der Waals surface area (Å²) in [6.45, 7) is 0. The lowest BCUT2D eigenvalue weighted by Crippen LogP contribution is -1.90. The van der Waals surface area contributed by atoms with Crippen LogP contribution >= 0.6 is 23.5 Å². The lowest BCUT2D eigenvalue weighted by molar-refractivity contribution is 0.489. The Morgan fingerprint density at radius 3 is 1.46 bits per heavy atom. The van der Waals surface area contributed by atoms with E-state index < -0.39 is 0 Å². The van der Waals surface area contributed by atoms with E-state index in [9.17, 15) is 0 Å². The van der Waals surface area contributed by atoms with Crippen molar-refractivity contribution in [2.24, 2.45) is 0 Å². The van der Waals surface area contributed by atoms with E-state index in [2.05, 4.69) is 34.2 Å². The number of oxazole rings is 2. The second-order valence-corrected chi connectivity index (χ2v) is 8.09. The number of aromatic nitrogens is 2.